The topological polar surface area (TPSA) is 56.6 Å². The highest BCUT2D eigenvalue weighted by atomic mass is 16.5. The largest absolute Gasteiger partial charge is 0.494 e. The Balaban J connectivity index is 1.32. The molecule has 6 heteroatoms. The lowest BCUT2D eigenvalue weighted by atomic mass is 10.1. The quantitative estimate of drug-likeness (QED) is 0.294. The number of anilines is 1. The molecule has 1 amide bonds. The zero-order chi connectivity index (χ0) is 24.2. The monoisotopic (exact) mass is 469 g/mol. The van der Waals surface area contributed by atoms with E-state index in [4.69, 9.17) is 14.5 Å². The number of fused-ring (bicyclic) bond motifs is 1. The number of carbonyl (C=O) groups is 1. The number of aryl methyl sites for hydroxylation is 2. The second-order valence-electron chi connectivity index (χ2n) is 8.96. The van der Waals surface area contributed by atoms with E-state index in [1.807, 2.05) is 66.4 Å². The van der Waals surface area contributed by atoms with Crippen molar-refractivity contribution >= 4 is 22.6 Å². The fraction of sp³-hybridized carbons (Fsp3) is 0.310. The van der Waals surface area contributed by atoms with Gasteiger partial charge in [-0.3, -0.25) is 4.79 Å². The van der Waals surface area contributed by atoms with Crippen LogP contribution in [0.3, 0.4) is 0 Å². The third-order valence-electron chi connectivity index (χ3n) is 6.42. The minimum Gasteiger partial charge on any atom is -0.494 e. The molecule has 3 aromatic carbocycles. The van der Waals surface area contributed by atoms with Gasteiger partial charge < -0.3 is 18.9 Å². The molecule has 5 rings (SSSR count). The molecule has 1 aliphatic heterocycles. The Hall–Kier alpha value is -3.80. The van der Waals surface area contributed by atoms with E-state index in [-0.39, 0.29) is 11.8 Å². The molecule has 1 saturated heterocycles. The van der Waals surface area contributed by atoms with Gasteiger partial charge in [0.25, 0.3) is 0 Å². The van der Waals surface area contributed by atoms with Crippen molar-refractivity contribution in [2.75, 3.05) is 24.7 Å². The fourth-order valence-electron chi connectivity index (χ4n) is 4.78. The maximum absolute atomic E-state index is 13.0. The summed E-state index contributed by atoms with van der Waals surface area (Å²) < 4.78 is 13.8. The van der Waals surface area contributed by atoms with Crippen LogP contribution in [-0.2, 0) is 11.3 Å². The highest BCUT2D eigenvalue weighted by molar-refractivity contribution is 5.96. The van der Waals surface area contributed by atoms with Gasteiger partial charge >= 0.3 is 0 Å². The summed E-state index contributed by atoms with van der Waals surface area (Å²) in [7, 11) is 0. The van der Waals surface area contributed by atoms with Crippen LogP contribution >= 0.6 is 0 Å². The molecule has 1 atom stereocenters. The number of para-hydroxylation sites is 2. The normalized spacial score (nSPS) is 15.7. The number of hydrogen-bond acceptors (Lipinski definition) is 4. The summed E-state index contributed by atoms with van der Waals surface area (Å²) in [6, 6.07) is 24.1. The van der Waals surface area contributed by atoms with Gasteiger partial charge in [0.1, 0.15) is 17.3 Å². The van der Waals surface area contributed by atoms with Crippen molar-refractivity contribution < 1.29 is 14.3 Å². The first-order chi connectivity index (χ1) is 17.1. The second-order valence-corrected chi connectivity index (χ2v) is 8.96. The maximum atomic E-state index is 13.0. The van der Waals surface area contributed by atoms with Gasteiger partial charge in [-0.05, 0) is 74.4 Å². The van der Waals surface area contributed by atoms with Crippen molar-refractivity contribution in [1.29, 1.82) is 0 Å². The Morgan fingerprint density at radius 1 is 0.971 bits per heavy atom. The third-order valence-corrected chi connectivity index (χ3v) is 6.42. The summed E-state index contributed by atoms with van der Waals surface area (Å²) in [5.74, 6) is 2.85. The van der Waals surface area contributed by atoms with Crippen molar-refractivity contribution in [3.8, 4) is 11.5 Å². The number of aromatic nitrogens is 2. The van der Waals surface area contributed by atoms with Crippen LogP contribution in [0, 0.1) is 6.92 Å². The summed E-state index contributed by atoms with van der Waals surface area (Å²) in [5, 5.41) is 0. The van der Waals surface area contributed by atoms with Gasteiger partial charge in [-0.15, -0.1) is 0 Å². The van der Waals surface area contributed by atoms with Gasteiger partial charge in [0.05, 0.1) is 24.2 Å². The lowest BCUT2D eigenvalue weighted by Gasteiger charge is -2.18. The first-order valence-electron chi connectivity index (χ1n) is 12.3. The maximum Gasteiger partial charge on any atom is 0.227 e. The van der Waals surface area contributed by atoms with Gasteiger partial charge in [-0.1, -0.05) is 24.3 Å². The van der Waals surface area contributed by atoms with Crippen molar-refractivity contribution in [2.24, 2.45) is 0 Å². The molecule has 0 unspecified atom stereocenters. The third kappa shape index (κ3) is 5.02. The van der Waals surface area contributed by atoms with Crippen molar-refractivity contribution in [1.82, 2.24) is 9.55 Å². The number of nitrogens with zero attached hydrogens (tertiary/aromatic N) is 3. The minimum absolute atomic E-state index is 0.0409. The van der Waals surface area contributed by atoms with Crippen LogP contribution < -0.4 is 14.4 Å². The summed E-state index contributed by atoms with van der Waals surface area (Å²) in [5.41, 5.74) is 4.16. The van der Waals surface area contributed by atoms with Crippen LogP contribution in [0.25, 0.3) is 11.0 Å². The number of hydrogen-bond donors (Lipinski definition) is 0. The van der Waals surface area contributed by atoms with Crippen molar-refractivity contribution in [3.63, 3.8) is 0 Å². The smallest absolute Gasteiger partial charge is 0.227 e. The lowest BCUT2D eigenvalue weighted by Crippen LogP contribution is -2.24. The molecule has 1 aliphatic rings. The Bertz CT molecular complexity index is 1310. The molecular weight excluding hydrogens is 438 g/mol. The minimum atomic E-state index is 0.0409. The Morgan fingerprint density at radius 2 is 1.80 bits per heavy atom. The number of ether oxygens (including phenoxy) is 2. The molecule has 1 aromatic heterocycles. The highest BCUT2D eigenvalue weighted by Gasteiger charge is 2.34. The first-order valence-corrected chi connectivity index (χ1v) is 12.3. The summed E-state index contributed by atoms with van der Waals surface area (Å²) in [6.45, 7) is 6.68. The Morgan fingerprint density at radius 3 is 2.60 bits per heavy atom. The molecule has 2 heterocycles. The molecule has 180 valence electrons. The van der Waals surface area contributed by atoms with Crippen molar-refractivity contribution in [3.05, 3.63) is 84.2 Å². The van der Waals surface area contributed by atoms with Gasteiger partial charge in [-0.25, -0.2) is 4.98 Å². The molecule has 0 saturated carbocycles. The predicted octanol–water partition coefficient (Wildman–Crippen LogP) is 5.73. The van der Waals surface area contributed by atoms with E-state index in [1.54, 1.807) is 0 Å². The van der Waals surface area contributed by atoms with Crippen LogP contribution in [0.5, 0.6) is 11.5 Å². The van der Waals surface area contributed by atoms with Crippen LogP contribution in [0.4, 0.5) is 5.69 Å². The second kappa shape index (κ2) is 10.2. The van der Waals surface area contributed by atoms with Gasteiger partial charge in [-0.2, -0.15) is 0 Å². The van der Waals surface area contributed by atoms with E-state index in [9.17, 15) is 4.79 Å². The highest BCUT2D eigenvalue weighted by Crippen LogP contribution is 2.34. The van der Waals surface area contributed by atoms with Crippen LogP contribution in [0.1, 0.15) is 37.1 Å². The van der Waals surface area contributed by atoms with Crippen molar-refractivity contribution in [2.45, 2.75) is 39.2 Å². The van der Waals surface area contributed by atoms with E-state index in [1.165, 1.54) is 5.56 Å². The number of imidazole rings is 1. The van der Waals surface area contributed by atoms with E-state index >= 15 is 0 Å². The van der Waals surface area contributed by atoms with E-state index < -0.39 is 0 Å². The number of benzene rings is 3. The molecule has 6 nitrogen and oxygen atoms in total. The standard InChI is InChI=1S/C29H31N3O3/c1-3-34-24-14-12-23(13-15-24)32-20-22(19-28(32)33)29-30-26-10-4-5-11-27(26)31(29)16-7-17-35-25-9-6-8-21(2)18-25/h4-6,8-15,18,22H,3,7,16-17,19-20H2,1-2H3/t22-/m1/s1. The molecule has 0 aliphatic carbocycles. The average Bonchev–Trinajstić information content (AvgIpc) is 3.43. The zero-order valence-electron chi connectivity index (χ0n) is 20.3. The molecule has 0 radical (unpaired) electrons. The van der Waals surface area contributed by atoms with E-state index in [2.05, 4.69) is 29.7 Å². The number of rotatable bonds is 9. The average molecular weight is 470 g/mol. The molecule has 0 bridgehead atoms. The Labute approximate surface area is 206 Å². The van der Waals surface area contributed by atoms with E-state index in [0.717, 1.165) is 47.0 Å². The summed E-state index contributed by atoms with van der Waals surface area (Å²) in [6.07, 6.45) is 1.31. The molecular formula is C29H31N3O3. The molecule has 35 heavy (non-hydrogen) atoms. The zero-order valence-corrected chi connectivity index (χ0v) is 20.3. The van der Waals surface area contributed by atoms with Crippen LogP contribution in [0.2, 0.25) is 0 Å². The lowest BCUT2D eigenvalue weighted by molar-refractivity contribution is -0.117. The first kappa shape index (κ1) is 23.0. The summed E-state index contributed by atoms with van der Waals surface area (Å²) in [4.78, 5) is 19.8. The number of amides is 1. The van der Waals surface area contributed by atoms with Crippen LogP contribution in [-0.4, -0.2) is 35.2 Å². The molecule has 0 N–H and O–H groups in total. The van der Waals surface area contributed by atoms with E-state index in [0.29, 0.717) is 26.2 Å². The molecule has 1 fully saturated rings. The SMILES string of the molecule is CCOc1ccc(N2C[C@H](c3nc4ccccc4n3CCCOc3cccc(C)c3)CC2=O)cc1. The van der Waals surface area contributed by atoms with Gasteiger partial charge in [0, 0.05) is 31.1 Å². The molecule has 0 spiro atoms. The van der Waals surface area contributed by atoms with Gasteiger partial charge in [0.2, 0.25) is 5.91 Å². The summed E-state index contributed by atoms with van der Waals surface area (Å²) >= 11 is 0. The van der Waals surface area contributed by atoms with Gasteiger partial charge in [0.15, 0.2) is 0 Å². The molecule has 4 aromatic rings. The number of carbonyl (C=O) groups excluding carboxylic acids is 1. The Kier molecular flexibility index (Phi) is 6.70. The predicted molar refractivity (Wildman–Crippen MR) is 138 cm³/mol. The van der Waals surface area contributed by atoms with Crippen LogP contribution in [0.15, 0.2) is 72.8 Å². The fourth-order valence-corrected chi connectivity index (χ4v) is 4.78.